The van der Waals surface area contributed by atoms with Crippen molar-refractivity contribution in [2.24, 2.45) is 0 Å². The van der Waals surface area contributed by atoms with Gasteiger partial charge in [0.25, 0.3) is 0 Å². The van der Waals surface area contributed by atoms with Gasteiger partial charge in [-0.05, 0) is 18.6 Å². The second kappa shape index (κ2) is 6.46. The monoisotopic (exact) mass is 303 g/mol. The molecule has 0 spiro atoms. The minimum atomic E-state index is -0.897. The predicted octanol–water partition coefficient (Wildman–Crippen LogP) is 1.73. The first kappa shape index (κ1) is 15.0. The molecule has 1 aliphatic rings. The summed E-state index contributed by atoms with van der Waals surface area (Å²) in [6, 6.07) is 8.12. The summed E-state index contributed by atoms with van der Waals surface area (Å²) in [5.41, 5.74) is 2.14. The van der Waals surface area contributed by atoms with Crippen LogP contribution in [0.3, 0.4) is 0 Å². The Balaban J connectivity index is 1.83. The van der Waals surface area contributed by atoms with Crippen LogP contribution in [0, 0.1) is 0 Å². The van der Waals surface area contributed by atoms with Crippen molar-refractivity contribution >= 4 is 17.0 Å². The molecular weight excluding hydrogens is 282 g/mol. The first-order valence-corrected chi connectivity index (χ1v) is 7.70. The van der Waals surface area contributed by atoms with Crippen molar-refractivity contribution in [3.05, 3.63) is 30.1 Å². The summed E-state index contributed by atoms with van der Waals surface area (Å²) in [7, 11) is 0. The number of imidazole rings is 1. The summed E-state index contributed by atoms with van der Waals surface area (Å²) in [5.74, 6) is 0.0980. The lowest BCUT2D eigenvalue weighted by Crippen LogP contribution is -2.45. The maximum absolute atomic E-state index is 11.1. The number of carboxylic acid groups (broad SMARTS) is 1. The number of carboxylic acids is 1. The van der Waals surface area contributed by atoms with Crippen LogP contribution in [0.2, 0.25) is 0 Å². The van der Waals surface area contributed by atoms with Crippen LogP contribution in [-0.4, -0.2) is 51.3 Å². The fourth-order valence-corrected chi connectivity index (χ4v) is 2.91. The largest absolute Gasteiger partial charge is 0.479 e. The van der Waals surface area contributed by atoms with Crippen molar-refractivity contribution < 1.29 is 14.6 Å². The molecule has 1 aromatic carbocycles. The Morgan fingerprint density at radius 3 is 3.05 bits per heavy atom. The number of rotatable bonds is 5. The number of para-hydroxylation sites is 2. The Hall–Kier alpha value is -1.92. The van der Waals surface area contributed by atoms with Crippen molar-refractivity contribution in [3.63, 3.8) is 0 Å². The summed E-state index contributed by atoms with van der Waals surface area (Å²) in [5, 5.41) is 9.10. The molecule has 3 rings (SSSR count). The predicted molar refractivity (Wildman–Crippen MR) is 82.7 cm³/mol. The van der Waals surface area contributed by atoms with Crippen LogP contribution in [0.1, 0.15) is 19.2 Å². The molecule has 1 aliphatic heterocycles. The molecule has 0 saturated carbocycles. The van der Waals surface area contributed by atoms with E-state index in [9.17, 15) is 4.79 Å². The van der Waals surface area contributed by atoms with Gasteiger partial charge in [-0.25, -0.2) is 9.78 Å². The minimum Gasteiger partial charge on any atom is -0.479 e. The van der Waals surface area contributed by atoms with Gasteiger partial charge in [0.2, 0.25) is 0 Å². The maximum Gasteiger partial charge on any atom is 0.334 e. The molecule has 118 valence electrons. The molecule has 2 heterocycles. The number of ether oxygens (including phenoxy) is 1. The lowest BCUT2D eigenvalue weighted by Gasteiger charge is -2.30. The van der Waals surface area contributed by atoms with E-state index in [0.29, 0.717) is 19.7 Å². The van der Waals surface area contributed by atoms with Gasteiger partial charge in [0, 0.05) is 19.6 Å². The Labute approximate surface area is 129 Å². The molecule has 1 aromatic heterocycles. The van der Waals surface area contributed by atoms with Crippen molar-refractivity contribution in [2.75, 3.05) is 19.7 Å². The molecule has 22 heavy (non-hydrogen) atoms. The number of hydrogen-bond donors (Lipinski definition) is 1. The first-order chi connectivity index (χ1) is 10.7. The van der Waals surface area contributed by atoms with E-state index in [4.69, 9.17) is 14.8 Å². The van der Waals surface area contributed by atoms with Gasteiger partial charge >= 0.3 is 5.97 Å². The minimum absolute atomic E-state index is 0.407. The molecule has 0 radical (unpaired) electrons. The normalized spacial score (nSPS) is 19.6. The van der Waals surface area contributed by atoms with Crippen molar-refractivity contribution in [1.29, 1.82) is 0 Å². The summed E-state index contributed by atoms with van der Waals surface area (Å²) >= 11 is 0. The van der Waals surface area contributed by atoms with Gasteiger partial charge in [0.05, 0.1) is 24.2 Å². The second-order valence-electron chi connectivity index (χ2n) is 5.60. The highest BCUT2D eigenvalue weighted by atomic mass is 16.5. The van der Waals surface area contributed by atoms with Crippen molar-refractivity contribution in [3.8, 4) is 0 Å². The third kappa shape index (κ3) is 2.98. The number of benzene rings is 1. The number of fused-ring (bicyclic) bond motifs is 1. The van der Waals surface area contributed by atoms with Gasteiger partial charge in [-0.2, -0.15) is 0 Å². The number of aromatic nitrogens is 2. The van der Waals surface area contributed by atoms with Gasteiger partial charge in [-0.3, -0.25) is 4.90 Å². The van der Waals surface area contributed by atoms with Gasteiger partial charge in [-0.1, -0.05) is 19.1 Å². The zero-order valence-electron chi connectivity index (χ0n) is 12.7. The summed E-state index contributed by atoms with van der Waals surface area (Å²) < 4.78 is 7.51. The van der Waals surface area contributed by atoms with Gasteiger partial charge < -0.3 is 14.4 Å². The van der Waals surface area contributed by atoms with Crippen LogP contribution in [0.4, 0.5) is 0 Å². The highest BCUT2D eigenvalue weighted by Crippen LogP contribution is 2.19. The molecule has 0 bridgehead atoms. The van der Waals surface area contributed by atoms with E-state index in [1.54, 1.807) is 0 Å². The number of morpholine rings is 1. The maximum atomic E-state index is 11.1. The summed E-state index contributed by atoms with van der Waals surface area (Å²) in [4.78, 5) is 17.9. The molecule has 1 unspecified atom stereocenters. The summed E-state index contributed by atoms with van der Waals surface area (Å²) in [6.07, 6.45) is 0.298. The number of aliphatic carboxylic acids is 1. The molecule has 1 fully saturated rings. The van der Waals surface area contributed by atoms with Crippen molar-refractivity contribution in [2.45, 2.75) is 32.5 Å². The molecule has 0 aliphatic carbocycles. The SMILES string of the molecule is CCCn1c(CN2CCOC(C(=O)O)C2)nc2ccccc21. The van der Waals surface area contributed by atoms with Crippen LogP contribution < -0.4 is 0 Å². The Morgan fingerprint density at radius 1 is 1.45 bits per heavy atom. The van der Waals surface area contributed by atoms with Crippen LogP contribution in [0.25, 0.3) is 11.0 Å². The Morgan fingerprint density at radius 2 is 2.27 bits per heavy atom. The van der Waals surface area contributed by atoms with E-state index < -0.39 is 12.1 Å². The lowest BCUT2D eigenvalue weighted by atomic mass is 10.2. The van der Waals surface area contributed by atoms with Crippen LogP contribution in [0.15, 0.2) is 24.3 Å². The van der Waals surface area contributed by atoms with E-state index in [2.05, 4.69) is 22.5 Å². The van der Waals surface area contributed by atoms with Gasteiger partial charge in [0.15, 0.2) is 6.10 Å². The topological polar surface area (TPSA) is 67.6 Å². The molecule has 6 heteroatoms. The zero-order valence-corrected chi connectivity index (χ0v) is 12.7. The van der Waals surface area contributed by atoms with Gasteiger partial charge in [0.1, 0.15) is 5.82 Å². The first-order valence-electron chi connectivity index (χ1n) is 7.70. The summed E-state index contributed by atoms with van der Waals surface area (Å²) in [6.45, 7) is 5.31. The molecule has 6 nitrogen and oxygen atoms in total. The van der Waals surface area contributed by atoms with E-state index in [0.717, 1.165) is 36.4 Å². The average Bonchev–Trinajstić information content (AvgIpc) is 2.86. The van der Waals surface area contributed by atoms with Crippen LogP contribution in [0.5, 0.6) is 0 Å². The molecule has 1 saturated heterocycles. The molecule has 2 aromatic rings. The Bertz CT molecular complexity index is 668. The van der Waals surface area contributed by atoms with E-state index >= 15 is 0 Å². The van der Waals surface area contributed by atoms with E-state index in [1.165, 1.54) is 0 Å². The van der Waals surface area contributed by atoms with Crippen LogP contribution in [-0.2, 0) is 22.6 Å². The number of carbonyl (C=O) groups is 1. The number of hydrogen-bond acceptors (Lipinski definition) is 4. The lowest BCUT2D eigenvalue weighted by molar-refractivity contribution is -0.156. The highest BCUT2D eigenvalue weighted by Gasteiger charge is 2.27. The third-order valence-corrected chi connectivity index (χ3v) is 3.97. The highest BCUT2D eigenvalue weighted by molar-refractivity contribution is 5.76. The zero-order chi connectivity index (χ0) is 15.5. The standard InChI is InChI=1S/C16H21N3O3/c1-2-7-19-13-6-4-3-5-12(13)17-15(19)11-18-8-9-22-14(10-18)16(20)21/h3-6,14H,2,7-11H2,1H3,(H,20,21). The molecule has 1 N–H and O–H groups in total. The quantitative estimate of drug-likeness (QED) is 0.911. The van der Waals surface area contributed by atoms with E-state index in [-0.39, 0.29) is 0 Å². The van der Waals surface area contributed by atoms with Crippen LogP contribution >= 0.6 is 0 Å². The fourth-order valence-electron chi connectivity index (χ4n) is 2.91. The molecular formula is C16H21N3O3. The van der Waals surface area contributed by atoms with E-state index in [1.807, 2.05) is 18.2 Å². The number of aryl methyl sites for hydroxylation is 1. The smallest absolute Gasteiger partial charge is 0.334 e. The average molecular weight is 303 g/mol. The van der Waals surface area contributed by atoms with Gasteiger partial charge in [-0.15, -0.1) is 0 Å². The Kier molecular flexibility index (Phi) is 4.40. The number of nitrogens with zero attached hydrogens (tertiary/aromatic N) is 3. The second-order valence-corrected chi connectivity index (χ2v) is 5.60. The third-order valence-electron chi connectivity index (χ3n) is 3.97. The molecule has 0 amide bonds. The fraction of sp³-hybridized carbons (Fsp3) is 0.500. The molecule has 1 atom stereocenters. The van der Waals surface area contributed by atoms with Crippen molar-refractivity contribution in [1.82, 2.24) is 14.5 Å².